The zero-order chi connectivity index (χ0) is 18.9. The first-order valence-corrected chi connectivity index (χ1v) is 7.28. The van der Waals surface area contributed by atoms with Gasteiger partial charge in [0.05, 0.1) is 16.9 Å². The molecule has 134 valence electrons. The maximum absolute atomic E-state index is 12.2. The van der Waals surface area contributed by atoms with Gasteiger partial charge in [-0.25, -0.2) is 9.48 Å². The number of anilines is 1. The highest BCUT2D eigenvalue weighted by Gasteiger charge is 2.31. The Balaban J connectivity index is 1.87. The molecule has 26 heavy (non-hydrogen) atoms. The van der Waals surface area contributed by atoms with Gasteiger partial charge in [0.15, 0.2) is 0 Å². The molecule has 0 saturated heterocycles. The molecule has 2 aromatic carbocycles. The summed E-state index contributed by atoms with van der Waals surface area (Å²) in [7, 11) is 0. The van der Waals surface area contributed by atoms with E-state index in [0.29, 0.717) is 16.9 Å². The van der Waals surface area contributed by atoms with Crippen LogP contribution < -0.4 is 10.5 Å². The van der Waals surface area contributed by atoms with Gasteiger partial charge in [0.1, 0.15) is 11.6 Å². The highest BCUT2D eigenvalue weighted by atomic mass is 19.4. The van der Waals surface area contributed by atoms with Gasteiger partial charge in [-0.15, -0.1) is 13.2 Å². The van der Waals surface area contributed by atoms with Crippen LogP contribution in [0.5, 0.6) is 5.75 Å². The summed E-state index contributed by atoms with van der Waals surface area (Å²) in [5.41, 5.74) is 7.66. The van der Waals surface area contributed by atoms with Crippen LogP contribution in [0.3, 0.4) is 0 Å². The van der Waals surface area contributed by atoms with Crippen molar-refractivity contribution in [2.24, 2.45) is 0 Å². The number of carboxylic acids is 1. The number of halogens is 3. The SMILES string of the molecule is Nc1cc(-c2ccc(C(=O)O)cc2)nn1-c1ccc(OC(F)(F)F)cc1. The van der Waals surface area contributed by atoms with Crippen molar-refractivity contribution in [1.82, 2.24) is 9.78 Å². The minimum atomic E-state index is -4.76. The lowest BCUT2D eigenvalue weighted by atomic mass is 10.1. The van der Waals surface area contributed by atoms with Crippen LogP contribution in [0.1, 0.15) is 10.4 Å². The van der Waals surface area contributed by atoms with Gasteiger partial charge in [0, 0.05) is 11.6 Å². The summed E-state index contributed by atoms with van der Waals surface area (Å²) in [5.74, 6) is -1.12. The predicted octanol–water partition coefficient (Wildman–Crippen LogP) is 3.72. The molecule has 3 aromatic rings. The highest BCUT2D eigenvalue weighted by Crippen LogP contribution is 2.26. The zero-order valence-corrected chi connectivity index (χ0v) is 13.1. The molecule has 3 N–H and O–H groups in total. The van der Waals surface area contributed by atoms with E-state index in [1.54, 1.807) is 18.2 Å². The van der Waals surface area contributed by atoms with Gasteiger partial charge in [-0.3, -0.25) is 0 Å². The smallest absolute Gasteiger partial charge is 0.478 e. The molecule has 0 atom stereocenters. The van der Waals surface area contributed by atoms with E-state index in [9.17, 15) is 18.0 Å². The van der Waals surface area contributed by atoms with E-state index in [1.807, 2.05) is 0 Å². The highest BCUT2D eigenvalue weighted by molar-refractivity contribution is 5.88. The van der Waals surface area contributed by atoms with Crippen LogP contribution >= 0.6 is 0 Å². The van der Waals surface area contributed by atoms with Gasteiger partial charge < -0.3 is 15.6 Å². The Morgan fingerprint density at radius 2 is 1.69 bits per heavy atom. The second kappa shape index (κ2) is 6.43. The van der Waals surface area contributed by atoms with Crippen LogP contribution in [-0.2, 0) is 0 Å². The Labute approximate surface area is 145 Å². The second-order valence-corrected chi connectivity index (χ2v) is 5.29. The topological polar surface area (TPSA) is 90.4 Å². The summed E-state index contributed by atoms with van der Waals surface area (Å²) in [4.78, 5) is 10.9. The van der Waals surface area contributed by atoms with Crippen LogP contribution in [-0.4, -0.2) is 27.2 Å². The standard InChI is InChI=1S/C17H12F3N3O3/c18-17(19,20)26-13-7-5-12(6-8-13)23-15(21)9-14(22-23)10-1-3-11(4-2-10)16(24)25/h1-9H,21H2,(H,24,25). The minimum Gasteiger partial charge on any atom is -0.478 e. The summed E-state index contributed by atoms with van der Waals surface area (Å²) in [6.07, 6.45) is -4.76. The first-order valence-electron chi connectivity index (χ1n) is 7.28. The number of aromatic nitrogens is 2. The largest absolute Gasteiger partial charge is 0.573 e. The average molecular weight is 363 g/mol. The van der Waals surface area contributed by atoms with Gasteiger partial charge >= 0.3 is 12.3 Å². The molecule has 0 aliphatic heterocycles. The molecule has 0 aliphatic rings. The number of ether oxygens (including phenoxy) is 1. The Bertz CT molecular complexity index is 933. The summed E-state index contributed by atoms with van der Waals surface area (Å²) < 4.78 is 41.8. The van der Waals surface area contributed by atoms with Crippen LogP contribution in [0, 0.1) is 0 Å². The number of hydrogen-bond donors (Lipinski definition) is 2. The fraction of sp³-hybridized carbons (Fsp3) is 0.0588. The second-order valence-electron chi connectivity index (χ2n) is 5.29. The van der Waals surface area contributed by atoms with E-state index in [1.165, 1.54) is 28.9 Å². The number of hydrogen-bond acceptors (Lipinski definition) is 4. The van der Waals surface area contributed by atoms with Gasteiger partial charge in [-0.05, 0) is 36.4 Å². The first-order chi connectivity index (χ1) is 12.2. The third-order valence-corrected chi connectivity index (χ3v) is 3.48. The maximum atomic E-state index is 12.2. The predicted molar refractivity (Wildman–Crippen MR) is 87.1 cm³/mol. The molecule has 6 nitrogen and oxygen atoms in total. The maximum Gasteiger partial charge on any atom is 0.573 e. The van der Waals surface area contributed by atoms with E-state index in [-0.39, 0.29) is 17.1 Å². The molecule has 0 spiro atoms. The molecule has 0 fully saturated rings. The fourth-order valence-corrected chi connectivity index (χ4v) is 2.32. The molecule has 3 rings (SSSR count). The number of nitrogens with two attached hydrogens (primary N) is 1. The molecule has 0 radical (unpaired) electrons. The molecule has 9 heteroatoms. The van der Waals surface area contributed by atoms with E-state index in [4.69, 9.17) is 10.8 Å². The molecular formula is C17H12F3N3O3. The van der Waals surface area contributed by atoms with Crippen molar-refractivity contribution in [3.63, 3.8) is 0 Å². The van der Waals surface area contributed by atoms with E-state index in [2.05, 4.69) is 9.84 Å². The number of nitrogens with zero attached hydrogens (tertiary/aromatic N) is 2. The molecule has 0 saturated carbocycles. The summed E-state index contributed by atoms with van der Waals surface area (Å²) in [5, 5.41) is 13.2. The van der Waals surface area contributed by atoms with Crippen molar-refractivity contribution in [1.29, 1.82) is 0 Å². The Morgan fingerprint density at radius 1 is 1.08 bits per heavy atom. The van der Waals surface area contributed by atoms with Crippen LogP contribution in [0.2, 0.25) is 0 Å². The number of aromatic carboxylic acids is 1. The summed E-state index contributed by atoms with van der Waals surface area (Å²) in [6.45, 7) is 0. The Kier molecular flexibility index (Phi) is 4.29. The Morgan fingerprint density at radius 3 is 2.23 bits per heavy atom. The minimum absolute atomic E-state index is 0.140. The van der Waals surface area contributed by atoms with Gasteiger partial charge in [0.25, 0.3) is 0 Å². The fourth-order valence-electron chi connectivity index (χ4n) is 2.32. The van der Waals surface area contributed by atoms with Crippen molar-refractivity contribution in [2.45, 2.75) is 6.36 Å². The number of carboxylic acid groups (broad SMARTS) is 1. The molecule has 1 aromatic heterocycles. The third-order valence-electron chi connectivity index (χ3n) is 3.48. The average Bonchev–Trinajstić information content (AvgIpc) is 2.96. The molecule has 0 bridgehead atoms. The lowest BCUT2D eigenvalue weighted by Gasteiger charge is -2.09. The van der Waals surface area contributed by atoms with E-state index >= 15 is 0 Å². The van der Waals surface area contributed by atoms with Gasteiger partial charge in [0.2, 0.25) is 0 Å². The van der Waals surface area contributed by atoms with Crippen LogP contribution in [0.25, 0.3) is 16.9 Å². The normalized spacial score (nSPS) is 11.3. The molecule has 0 amide bonds. The van der Waals surface area contributed by atoms with Crippen molar-refractivity contribution in [2.75, 3.05) is 5.73 Å². The van der Waals surface area contributed by atoms with Crippen molar-refractivity contribution in [3.05, 3.63) is 60.2 Å². The Hall–Kier alpha value is -3.49. The summed E-state index contributed by atoms with van der Waals surface area (Å²) in [6, 6.07) is 12.7. The first kappa shape index (κ1) is 17.3. The van der Waals surface area contributed by atoms with Gasteiger partial charge in [-0.1, -0.05) is 12.1 Å². The lowest BCUT2D eigenvalue weighted by molar-refractivity contribution is -0.274. The van der Waals surface area contributed by atoms with Crippen LogP contribution in [0.15, 0.2) is 54.6 Å². The monoisotopic (exact) mass is 363 g/mol. The number of nitrogen functional groups attached to an aromatic ring is 1. The van der Waals surface area contributed by atoms with E-state index in [0.717, 1.165) is 12.1 Å². The number of carbonyl (C=O) groups is 1. The van der Waals surface area contributed by atoms with Gasteiger partial charge in [-0.2, -0.15) is 5.10 Å². The number of rotatable bonds is 4. The molecule has 1 heterocycles. The summed E-state index contributed by atoms with van der Waals surface area (Å²) >= 11 is 0. The number of alkyl halides is 3. The molecule has 0 aliphatic carbocycles. The van der Waals surface area contributed by atoms with Crippen LogP contribution in [0.4, 0.5) is 19.0 Å². The quantitative estimate of drug-likeness (QED) is 0.737. The van der Waals surface area contributed by atoms with Crippen molar-refractivity contribution in [3.8, 4) is 22.7 Å². The van der Waals surface area contributed by atoms with E-state index < -0.39 is 12.3 Å². The molecular weight excluding hydrogens is 351 g/mol. The molecule has 0 unspecified atom stereocenters. The zero-order valence-electron chi connectivity index (χ0n) is 13.1. The van der Waals surface area contributed by atoms with Crippen molar-refractivity contribution >= 4 is 11.8 Å². The third kappa shape index (κ3) is 3.77. The lowest BCUT2D eigenvalue weighted by Crippen LogP contribution is -2.17. The van der Waals surface area contributed by atoms with Crippen molar-refractivity contribution < 1.29 is 27.8 Å². The number of benzene rings is 2.